The third kappa shape index (κ3) is 3.41. The second-order valence-electron chi connectivity index (χ2n) is 4.86. The van der Waals surface area contributed by atoms with Crippen molar-refractivity contribution in [1.82, 2.24) is 0 Å². The maximum absolute atomic E-state index is 12.4. The molecule has 2 rings (SSSR count). The molecule has 4 N–H and O–H groups in total. The number of hydrogen-bond acceptors (Lipinski definition) is 4. The van der Waals surface area contributed by atoms with Crippen molar-refractivity contribution in [3.8, 4) is 0 Å². The van der Waals surface area contributed by atoms with Gasteiger partial charge in [0.1, 0.15) is 0 Å². The first-order valence-electron chi connectivity index (χ1n) is 6.27. The minimum atomic E-state index is -3.58. The molecule has 0 heterocycles. The van der Waals surface area contributed by atoms with Gasteiger partial charge in [-0.15, -0.1) is 0 Å². The Morgan fingerprint density at radius 2 is 1.86 bits per heavy atom. The van der Waals surface area contributed by atoms with Gasteiger partial charge in [-0.05, 0) is 42.3 Å². The molecule has 0 aliphatic carbocycles. The molecule has 110 valence electrons. The molecule has 0 atom stereocenters. The van der Waals surface area contributed by atoms with Crippen molar-refractivity contribution in [2.75, 3.05) is 5.73 Å². The lowest BCUT2D eigenvalue weighted by atomic mass is 10.1. The van der Waals surface area contributed by atoms with Crippen LogP contribution < -0.4 is 11.5 Å². The molecule has 6 heteroatoms. The van der Waals surface area contributed by atoms with E-state index in [1.165, 1.54) is 12.1 Å². The zero-order valence-electron chi connectivity index (χ0n) is 11.5. The number of nitrogens with two attached hydrogens (primary N) is 2. The van der Waals surface area contributed by atoms with Crippen LogP contribution in [0.25, 0.3) is 0 Å². The van der Waals surface area contributed by atoms with Crippen LogP contribution in [0.1, 0.15) is 21.5 Å². The highest BCUT2D eigenvalue weighted by atomic mass is 32.2. The van der Waals surface area contributed by atoms with Gasteiger partial charge in [0.15, 0.2) is 9.84 Å². The monoisotopic (exact) mass is 304 g/mol. The largest absolute Gasteiger partial charge is 0.398 e. The summed E-state index contributed by atoms with van der Waals surface area (Å²) in [4.78, 5) is 11.2. The van der Waals surface area contributed by atoms with E-state index in [0.717, 1.165) is 5.56 Å². The number of benzene rings is 2. The summed E-state index contributed by atoms with van der Waals surface area (Å²) >= 11 is 0. The number of nitrogen functional groups attached to an aromatic ring is 1. The summed E-state index contributed by atoms with van der Waals surface area (Å²) in [6.07, 6.45) is 0. The van der Waals surface area contributed by atoms with Crippen LogP contribution in [0.3, 0.4) is 0 Å². The van der Waals surface area contributed by atoms with E-state index >= 15 is 0 Å². The van der Waals surface area contributed by atoms with Crippen molar-refractivity contribution in [1.29, 1.82) is 0 Å². The third-order valence-electron chi connectivity index (χ3n) is 3.07. The second kappa shape index (κ2) is 5.57. The summed E-state index contributed by atoms with van der Waals surface area (Å²) in [5.74, 6) is -0.828. The van der Waals surface area contributed by atoms with E-state index in [9.17, 15) is 13.2 Å². The van der Waals surface area contributed by atoms with Crippen LogP contribution >= 0.6 is 0 Å². The minimum Gasteiger partial charge on any atom is -0.398 e. The predicted octanol–water partition coefficient (Wildman–Crippen LogP) is 1.65. The van der Waals surface area contributed by atoms with Crippen molar-refractivity contribution in [2.45, 2.75) is 17.6 Å². The van der Waals surface area contributed by atoms with Gasteiger partial charge in [0.25, 0.3) is 0 Å². The zero-order valence-corrected chi connectivity index (χ0v) is 12.4. The van der Waals surface area contributed by atoms with Gasteiger partial charge in [0, 0.05) is 5.56 Å². The first-order chi connectivity index (χ1) is 9.79. The molecular formula is C15H16N2O3S. The second-order valence-corrected chi connectivity index (χ2v) is 6.82. The molecular weight excluding hydrogens is 288 g/mol. The number of primary amides is 1. The van der Waals surface area contributed by atoms with Crippen LogP contribution in [0.2, 0.25) is 0 Å². The van der Waals surface area contributed by atoms with E-state index < -0.39 is 15.7 Å². The van der Waals surface area contributed by atoms with Crippen molar-refractivity contribution in [3.63, 3.8) is 0 Å². The molecule has 0 aliphatic rings. The first kappa shape index (κ1) is 15.1. The van der Waals surface area contributed by atoms with E-state index in [0.29, 0.717) is 5.56 Å². The average molecular weight is 304 g/mol. The molecule has 2 aromatic carbocycles. The molecule has 0 saturated carbocycles. The number of rotatable bonds is 4. The fourth-order valence-electron chi connectivity index (χ4n) is 2.06. The highest BCUT2D eigenvalue weighted by molar-refractivity contribution is 7.90. The smallest absolute Gasteiger partial charge is 0.248 e. The van der Waals surface area contributed by atoms with Crippen LogP contribution in [0, 0.1) is 6.92 Å². The van der Waals surface area contributed by atoms with Gasteiger partial charge < -0.3 is 11.5 Å². The molecule has 0 aliphatic heterocycles. The molecule has 0 unspecified atom stereocenters. The molecule has 2 aromatic rings. The molecule has 1 amide bonds. The number of anilines is 1. The Balaban J connectivity index is 2.37. The highest BCUT2D eigenvalue weighted by Gasteiger charge is 2.18. The van der Waals surface area contributed by atoms with Gasteiger partial charge >= 0.3 is 0 Å². The van der Waals surface area contributed by atoms with Gasteiger partial charge in [-0.25, -0.2) is 8.42 Å². The van der Waals surface area contributed by atoms with Crippen molar-refractivity contribution >= 4 is 21.4 Å². The zero-order chi connectivity index (χ0) is 15.6. The third-order valence-corrected chi connectivity index (χ3v) is 4.82. The van der Waals surface area contributed by atoms with E-state index in [2.05, 4.69) is 0 Å². The quantitative estimate of drug-likeness (QED) is 0.838. The lowest BCUT2D eigenvalue weighted by molar-refractivity contribution is 0.1000. The van der Waals surface area contributed by atoms with Gasteiger partial charge in [0.05, 0.1) is 16.3 Å². The van der Waals surface area contributed by atoms with Crippen LogP contribution in [0.15, 0.2) is 47.4 Å². The Kier molecular flexibility index (Phi) is 3.99. The van der Waals surface area contributed by atoms with Crippen molar-refractivity contribution < 1.29 is 13.2 Å². The number of carbonyl (C=O) groups excluding carboxylic acids is 1. The average Bonchev–Trinajstić information content (AvgIpc) is 2.37. The Morgan fingerprint density at radius 3 is 2.48 bits per heavy atom. The van der Waals surface area contributed by atoms with E-state index in [1.807, 2.05) is 6.92 Å². The summed E-state index contributed by atoms with van der Waals surface area (Å²) < 4.78 is 24.8. The van der Waals surface area contributed by atoms with Crippen LogP contribution in [0.5, 0.6) is 0 Å². The summed E-state index contributed by atoms with van der Waals surface area (Å²) in [5.41, 5.74) is 12.9. The molecule has 21 heavy (non-hydrogen) atoms. The Hall–Kier alpha value is -2.34. The summed E-state index contributed by atoms with van der Waals surface area (Å²) in [6, 6.07) is 11.1. The van der Waals surface area contributed by atoms with Crippen LogP contribution in [-0.4, -0.2) is 14.3 Å². The van der Waals surface area contributed by atoms with Gasteiger partial charge in [-0.2, -0.15) is 0 Å². The lowest BCUT2D eigenvalue weighted by Crippen LogP contribution is -2.12. The number of sulfone groups is 1. The molecule has 0 aromatic heterocycles. The molecule has 5 nitrogen and oxygen atoms in total. The Bertz CT molecular complexity index is 798. The SMILES string of the molecule is Cc1ccc(S(=O)(=O)Cc2cccc(C(N)=O)c2)c(N)c1. The maximum Gasteiger partial charge on any atom is 0.248 e. The van der Waals surface area contributed by atoms with E-state index in [-0.39, 0.29) is 21.9 Å². The van der Waals surface area contributed by atoms with Crippen molar-refractivity contribution in [2.24, 2.45) is 5.73 Å². The summed E-state index contributed by atoms with van der Waals surface area (Å²) in [5, 5.41) is 0. The fraction of sp³-hybridized carbons (Fsp3) is 0.133. The van der Waals surface area contributed by atoms with Crippen molar-refractivity contribution in [3.05, 3.63) is 59.2 Å². The molecule has 0 saturated heterocycles. The van der Waals surface area contributed by atoms with Crippen LogP contribution in [0.4, 0.5) is 5.69 Å². The number of aryl methyl sites for hydroxylation is 1. The van der Waals surface area contributed by atoms with E-state index in [1.54, 1.807) is 30.3 Å². The predicted molar refractivity (Wildman–Crippen MR) is 81.4 cm³/mol. The first-order valence-corrected chi connectivity index (χ1v) is 7.92. The van der Waals surface area contributed by atoms with Gasteiger partial charge in [0.2, 0.25) is 5.91 Å². The Labute approximate surface area is 123 Å². The van der Waals surface area contributed by atoms with Crippen LogP contribution in [-0.2, 0) is 15.6 Å². The molecule has 0 radical (unpaired) electrons. The van der Waals surface area contributed by atoms with Gasteiger partial charge in [-0.1, -0.05) is 18.2 Å². The highest BCUT2D eigenvalue weighted by Crippen LogP contribution is 2.23. The lowest BCUT2D eigenvalue weighted by Gasteiger charge is -2.09. The standard InChI is InChI=1S/C15H16N2O3S/c1-10-5-6-14(13(16)7-10)21(19,20)9-11-3-2-4-12(8-11)15(17)18/h2-8H,9,16H2,1H3,(H2,17,18). The fourth-order valence-corrected chi connectivity index (χ4v) is 3.53. The Morgan fingerprint density at radius 1 is 1.14 bits per heavy atom. The topological polar surface area (TPSA) is 103 Å². The normalized spacial score (nSPS) is 11.3. The number of hydrogen-bond donors (Lipinski definition) is 2. The number of carbonyl (C=O) groups is 1. The molecule has 0 bridgehead atoms. The maximum atomic E-state index is 12.4. The van der Waals surface area contributed by atoms with E-state index in [4.69, 9.17) is 11.5 Å². The molecule has 0 fully saturated rings. The summed E-state index contributed by atoms with van der Waals surface area (Å²) in [7, 11) is -3.58. The molecule has 0 spiro atoms. The number of amides is 1. The minimum absolute atomic E-state index is 0.0950. The van der Waals surface area contributed by atoms with Gasteiger partial charge in [-0.3, -0.25) is 4.79 Å². The summed E-state index contributed by atoms with van der Waals surface area (Å²) in [6.45, 7) is 1.84.